The molecular formula is C21H18FNO5S. The summed E-state index contributed by atoms with van der Waals surface area (Å²) in [6.45, 7) is 1.36. The molecule has 0 radical (unpaired) electrons. The molecular weight excluding hydrogens is 397 g/mol. The molecule has 0 amide bonds. The van der Waals surface area contributed by atoms with Gasteiger partial charge < -0.3 is 20.3 Å². The topological polar surface area (TPSA) is 95.9 Å². The highest BCUT2D eigenvalue weighted by molar-refractivity contribution is 7.18. The number of aliphatic carboxylic acids is 1. The Bertz CT molecular complexity index is 1060. The van der Waals surface area contributed by atoms with E-state index in [-0.39, 0.29) is 16.4 Å². The molecule has 0 bridgehead atoms. The van der Waals surface area contributed by atoms with Crippen molar-refractivity contribution < 1.29 is 28.9 Å². The molecule has 3 aromatic rings. The van der Waals surface area contributed by atoms with Gasteiger partial charge in [0.1, 0.15) is 11.6 Å². The Morgan fingerprint density at radius 1 is 1.14 bits per heavy atom. The van der Waals surface area contributed by atoms with Crippen LogP contribution in [0.2, 0.25) is 0 Å². The number of carbonyl (C=O) groups is 2. The fourth-order valence-electron chi connectivity index (χ4n) is 2.83. The molecule has 1 heterocycles. The SMILES string of the molecule is Cc1c(-c2cccc(NCc3ccccc3F)c2)sc(C(=O)O)c1OCC(=O)O. The number of carboxylic acid groups (broad SMARTS) is 2. The first-order valence-electron chi connectivity index (χ1n) is 8.65. The number of benzene rings is 2. The first-order chi connectivity index (χ1) is 13.9. The van der Waals surface area contributed by atoms with E-state index in [4.69, 9.17) is 9.84 Å². The van der Waals surface area contributed by atoms with Gasteiger partial charge in [0, 0.05) is 28.2 Å². The van der Waals surface area contributed by atoms with Gasteiger partial charge in [-0.25, -0.2) is 14.0 Å². The Balaban J connectivity index is 1.88. The van der Waals surface area contributed by atoms with Crippen LogP contribution in [0.25, 0.3) is 10.4 Å². The first-order valence-corrected chi connectivity index (χ1v) is 9.47. The average Bonchev–Trinajstić information content (AvgIpc) is 3.02. The highest BCUT2D eigenvalue weighted by Gasteiger charge is 2.23. The van der Waals surface area contributed by atoms with Gasteiger partial charge in [0.25, 0.3) is 0 Å². The second-order valence-electron chi connectivity index (χ2n) is 6.23. The van der Waals surface area contributed by atoms with E-state index in [9.17, 15) is 19.1 Å². The predicted molar refractivity (Wildman–Crippen MR) is 108 cm³/mol. The number of hydrogen-bond donors (Lipinski definition) is 3. The van der Waals surface area contributed by atoms with Gasteiger partial charge in [-0.15, -0.1) is 11.3 Å². The standard InChI is InChI=1S/C21H18FNO5S/c1-12-18(28-11-17(24)25)20(21(26)27)29-19(12)13-6-4-7-15(9-13)23-10-14-5-2-3-8-16(14)22/h2-9,23H,10-11H2,1H3,(H,24,25)(H,26,27). The molecule has 0 unspecified atom stereocenters. The number of hydrogen-bond acceptors (Lipinski definition) is 5. The van der Waals surface area contributed by atoms with Crippen molar-refractivity contribution in [1.29, 1.82) is 0 Å². The number of rotatable bonds is 8. The fraction of sp³-hybridized carbons (Fsp3) is 0.143. The molecule has 2 aromatic carbocycles. The quantitative estimate of drug-likeness (QED) is 0.496. The first kappa shape index (κ1) is 20.3. The number of thiophene rings is 1. The molecule has 0 atom stereocenters. The van der Waals surface area contributed by atoms with Crippen LogP contribution in [0.3, 0.4) is 0 Å². The van der Waals surface area contributed by atoms with E-state index in [1.54, 1.807) is 31.2 Å². The summed E-state index contributed by atoms with van der Waals surface area (Å²) in [6, 6.07) is 13.8. The van der Waals surface area contributed by atoms with Crippen molar-refractivity contribution in [3.8, 4) is 16.2 Å². The van der Waals surface area contributed by atoms with Gasteiger partial charge in [-0.05, 0) is 30.7 Å². The van der Waals surface area contributed by atoms with Crippen LogP contribution in [-0.2, 0) is 11.3 Å². The van der Waals surface area contributed by atoms with Crippen molar-refractivity contribution in [2.45, 2.75) is 13.5 Å². The van der Waals surface area contributed by atoms with Crippen molar-refractivity contribution in [3.05, 3.63) is 70.4 Å². The van der Waals surface area contributed by atoms with Crippen LogP contribution in [0, 0.1) is 12.7 Å². The monoisotopic (exact) mass is 415 g/mol. The Kier molecular flexibility index (Phi) is 6.13. The Hall–Kier alpha value is -3.39. The smallest absolute Gasteiger partial charge is 0.349 e. The lowest BCUT2D eigenvalue weighted by atomic mass is 10.1. The van der Waals surface area contributed by atoms with Gasteiger partial charge in [-0.3, -0.25) is 0 Å². The third-order valence-corrected chi connectivity index (χ3v) is 5.50. The maximum Gasteiger partial charge on any atom is 0.349 e. The van der Waals surface area contributed by atoms with Crippen molar-refractivity contribution in [1.82, 2.24) is 0 Å². The van der Waals surface area contributed by atoms with E-state index < -0.39 is 18.5 Å². The normalized spacial score (nSPS) is 10.6. The summed E-state index contributed by atoms with van der Waals surface area (Å²) in [5.74, 6) is -2.60. The number of anilines is 1. The van der Waals surface area contributed by atoms with Crippen LogP contribution >= 0.6 is 11.3 Å². The molecule has 0 aliphatic rings. The largest absolute Gasteiger partial charge is 0.480 e. The van der Waals surface area contributed by atoms with Crippen molar-refractivity contribution in [2.75, 3.05) is 11.9 Å². The maximum absolute atomic E-state index is 13.8. The predicted octanol–water partition coefficient (Wildman–Crippen LogP) is 4.64. The number of halogens is 1. The van der Waals surface area contributed by atoms with Gasteiger partial charge in [0.2, 0.25) is 0 Å². The summed E-state index contributed by atoms with van der Waals surface area (Å²) < 4.78 is 19.0. The van der Waals surface area contributed by atoms with E-state index in [0.717, 1.165) is 22.6 Å². The average molecular weight is 415 g/mol. The highest BCUT2D eigenvalue weighted by atomic mass is 32.1. The molecule has 0 fully saturated rings. The second-order valence-corrected chi connectivity index (χ2v) is 7.25. The Labute approximate surface area is 170 Å². The lowest BCUT2D eigenvalue weighted by molar-refractivity contribution is -0.139. The van der Waals surface area contributed by atoms with Crippen LogP contribution in [0.5, 0.6) is 5.75 Å². The Morgan fingerprint density at radius 2 is 1.90 bits per heavy atom. The molecule has 150 valence electrons. The number of ether oxygens (including phenoxy) is 1. The molecule has 0 saturated heterocycles. The third-order valence-electron chi connectivity index (χ3n) is 4.19. The molecule has 0 spiro atoms. The molecule has 29 heavy (non-hydrogen) atoms. The zero-order valence-electron chi connectivity index (χ0n) is 15.4. The zero-order chi connectivity index (χ0) is 21.0. The summed E-state index contributed by atoms with van der Waals surface area (Å²) in [5, 5.41) is 21.4. The van der Waals surface area contributed by atoms with Gasteiger partial charge in [0.05, 0.1) is 0 Å². The van der Waals surface area contributed by atoms with Crippen LogP contribution in [0.15, 0.2) is 48.5 Å². The number of carboxylic acids is 2. The molecule has 0 saturated carbocycles. The summed E-state index contributed by atoms with van der Waals surface area (Å²) in [5.41, 5.74) is 2.57. The van der Waals surface area contributed by atoms with Crippen LogP contribution < -0.4 is 10.1 Å². The summed E-state index contributed by atoms with van der Waals surface area (Å²) in [7, 11) is 0. The minimum absolute atomic E-state index is 0.0523. The van der Waals surface area contributed by atoms with E-state index in [1.807, 2.05) is 18.2 Å². The van der Waals surface area contributed by atoms with E-state index in [0.29, 0.717) is 22.5 Å². The third kappa shape index (κ3) is 4.72. The Morgan fingerprint density at radius 3 is 2.59 bits per heavy atom. The van der Waals surface area contributed by atoms with Crippen LogP contribution in [-0.4, -0.2) is 28.8 Å². The maximum atomic E-state index is 13.8. The number of aromatic carboxylic acids is 1. The second kappa shape index (κ2) is 8.74. The summed E-state index contributed by atoms with van der Waals surface area (Å²) in [4.78, 5) is 23.0. The van der Waals surface area contributed by atoms with Crippen molar-refractivity contribution in [2.24, 2.45) is 0 Å². The van der Waals surface area contributed by atoms with Crippen molar-refractivity contribution in [3.63, 3.8) is 0 Å². The summed E-state index contributed by atoms with van der Waals surface area (Å²) in [6.07, 6.45) is 0. The fourth-order valence-corrected chi connectivity index (χ4v) is 3.92. The van der Waals surface area contributed by atoms with E-state index >= 15 is 0 Å². The summed E-state index contributed by atoms with van der Waals surface area (Å²) >= 11 is 1.02. The zero-order valence-corrected chi connectivity index (χ0v) is 16.3. The molecule has 3 rings (SSSR count). The molecule has 8 heteroatoms. The van der Waals surface area contributed by atoms with Gasteiger partial charge in [-0.2, -0.15) is 0 Å². The lowest BCUT2D eigenvalue weighted by Crippen LogP contribution is -2.11. The molecule has 3 N–H and O–H groups in total. The van der Waals surface area contributed by atoms with Gasteiger partial charge in [0.15, 0.2) is 11.5 Å². The highest BCUT2D eigenvalue weighted by Crippen LogP contribution is 2.42. The molecule has 6 nitrogen and oxygen atoms in total. The molecule has 0 aliphatic carbocycles. The molecule has 0 aliphatic heterocycles. The van der Waals surface area contributed by atoms with Crippen LogP contribution in [0.1, 0.15) is 20.8 Å². The van der Waals surface area contributed by atoms with Crippen LogP contribution in [0.4, 0.5) is 10.1 Å². The van der Waals surface area contributed by atoms with Crippen molar-refractivity contribution >= 4 is 29.0 Å². The van der Waals surface area contributed by atoms with E-state index in [2.05, 4.69) is 5.32 Å². The van der Waals surface area contributed by atoms with E-state index in [1.165, 1.54) is 6.07 Å². The van der Waals surface area contributed by atoms with Gasteiger partial charge >= 0.3 is 11.9 Å². The van der Waals surface area contributed by atoms with Gasteiger partial charge in [-0.1, -0.05) is 30.3 Å². The number of nitrogens with one attached hydrogen (secondary N) is 1. The lowest BCUT2D eigenvalue weighted by Gasteiger charge is -2.09. The minimum Gasteiger partial charge on any atom is -0.480 e. The molecule has 1 aromatic heterocycles. The minimum atomic E-state index is -1.19.